The molecule has 4 nitrogen and oxygen atoms in total. The summed E-state index contributed by atoms with van der Waals surface area (Å²) in [4.78, 5) is 13.9. The van der Waals surface area contributed by atoms with Crippen LogP contribution in [0.25, 0.3) is 0 Å². The van der Waals surface area contributed by atoms with Crippen molar-refractivity contribution in [3.05, 3.63) is 0 Å². The van der Waals surface area contributed by atoms with Crippen LogP contribution in [0.1, 0.15) is 44.9 Å². The molecule has 1 amide bonds. The van der Waals surface area contributed by atoms with Gasteiger partial charge in [0.2, 0.25) is 5.91 Å². The van der Waals surface area contributed by atoms with E-state index in [2.05, 4.69) is 5.32 Å². The largest absolute Gasteiger partial charge is 0.394 e. The lowest BCUT2D eigenvalue weighted by Crippen LogP contribution is -2.39. The quantitative estimate of drug-likeness (QED) is 0.767. The van der Waals surface area contributed by atoms with Gasteiger partial charge < -0.3 is 15.3 Å². The van der Waals surface area contributed by atoms with E-state index in [0.29, 0.717) is 12.5 Å². The van der Waals surface area contributed by atoms with Gasteiger partial charge in [-0.1, -0.05) is 6.42 Å². The van der Waals surface area contributed by atoms with Crippen LogP contribution in [0.4, 0.5) is 0 Å². The second kappa shape index (κ2) is 6.36. The maximum absolute atomic E-state index is 12.0. The Morgan fingerprint density at radius 1 is 1.29 bits per heavy atom. The maximum Gasteiger partial charge on any atom is 0.222 e. The zero-order valence-corrected chi connectivity index (χ0v) is 10.5. The molecule has 2 fully saturated rings. The number of rotatable bonds is 4. The number of carbonyl (C=O) groups excluding carboxylic acids is 1. The van der Waals surface area contributed by atoms with Gasteiger partial charge in [-0.3, -0.25) is 4.79 Å². The van der Waals surface area contributed by atoms with E-state index in [-0.39, 0.29) is 18.6 Å². The molecule has 4 heteroatoms. The Morgan fingerprint density at radius 2 is 2.18 bits per heavy atom. The van der Waals surface area contributed by atoms with Crippen molar-refractivity contribution in [1.29, 1.82) is 0 Å². The van der Waals surface area contributed by atoms with Gasteiger partial charge in [0.1, 0.15) is 0 Å². The lowest BCUT2D eigenvalue weighted by Gasteiger charge is -2.26. The number of piperidine rings is 1. The van der Waals surface area contributed by atoms with Crippen molar-refractivity contribution in [1.82, 2.24) is 10.2 Å². The van der Waals surface area contributed by atoms with Crippen LogP contribution in [0.2, 0.25) is 0 Å². The summed E-state index contributed by atoms with van der Waals surface area (Å²) in [5, 5.41) is 12.7. The monoisotopic (exact) mass is 240 g/mol. The molecule has 0 radical (unpaired) electrons. The predicted molar refractivity (Wildman–Crippen MR) is 66.7 cm³/mol. The molecule has 2 saturated heterocycles. The molecule has 17 heavy (non-hydrogen) atoms. The van der Waals surface area contributed by atoms with E-state index in [1.807, 2.05) is 4.90 Å². The SMILES string of the molecule is O=C(CCC1CCCCN1)N1CCC[C@@H]1CO. The summed E-state index contributed by atoms with van der Waals surface area (Å²) in [5.74, 6) is 0.230. The third-order valence-corrected chi connectivity index (χ3v) is 4.03. The number of nitrogens with zero attached hydrogens (tertiary/aromatic N) is 1. The van der Waals surface area contributed by atoms with Gasteiger partial charge in [-0.05, 0) is 38.6 Å². The normalized spacial score (nSPS) is 29.6. The summed E-state index contributed by atoms with van der Waals surface area (Å²) in [6, 6.07) is 0.615. The number of hydrogen-bond donors (Lipinski definition) is 2. The highest BCUT2D eigenvalue weighted by molar-refractivity contribution is 5.76. The first-order chi connectivity index (χ1) is 8.31. The maximum atomic E-state index is 12.0. The molecule has 0 spiro atoms. The number of aliphatic hydroxyl groups excluding tert-OH is 1. The van der Waals surface area contributed by atoms with Crippen molar-refractivity contribution in [3.8, 4) is 0 Å². The Morgan fingerprint density at radius 3 is 2.88 bits per heavy atom. The Kier molecular flexibility index (Phi) is 4.80. The summed E-state index contributed by atoms with van der Waals surface area (Å²) >= 11 is 0. The zero-order chi connectivity index (χ0) is 12.1. The van der Waals surface area contributed by atoms with Crippen molar-refractivity contribution in [2.24, 2.45) is 0 Å². The van der Waals surface area contributed by atoms with Crippen molar-refractivity contribution < 1.29 is 9.90 Å². The summed E-state index contributed by atoms with van der Waals surface area (Å²) < 4.78 is 0. The van der Waals surface area contributed by atoms with E-state index in [4.69, 9.17) is 0 Å². The van der Waals surface area contributed by atoms with Gasteiger partial charge in [-0.25, -0.2) is 0 Å². The van der Waals surface area contributed by atoms with Crippen LogP contribution >= 0.6 is 0 Å². The minimum absolute atomic E-state index is 0.0850. The van der Waals surface area contributed by atoms with E-state index in [0.717, 1.165) is 32.4 Å². The molecule has 0 aromatic heterocycles. The molecule has 98 valence electrons. The number of likely N-dealkylation sites (tertiary alicyclic amines) is 1. The Labute approximate surface area is 103 Å². The molecule has 2 aliphatic heterocycles. The van der Waals surface area contributed by atoms with Crippen LogP contribution in [0.5, 0.6) is 0 Å². The van der Waals surface area contributed by atoms with Crippen LogP contribution < -0.4 is 5.32 Å². The second-order valence-corrected chi connectivity index (χ2v) is 5.25. The highest BCUT2D eigenvalue weighted by Crippen LogP contribution is 2.19. The van der Waals surface area contributed by atoms with Crippen LogP contribution in [-0.2, 0) is 4.79 Å². The van der Waals surface area contributed by atoms with E-state index in [1.165, 1.54) is 19.3 Å². The molecular weight excluding hydrogens is 216 g/mol. The number of aliphatic hydroxyl groups is 1. The van der Waals surface area contributed by atoms with E-state index in [1.54, 1.807) is 0 Å². The lowest BCUT2D eigenvalue weighted by atomic mass is 10.0. The Balaban J connectivity index is 1.72. The third-order valence-electron chi connectivity index (χ3n) is 4.03. The van der Waals surface area contributed by atoms with Crippen molar-refractivity contribution in [2.45, 2.75) is 57.0 Å². The van der Waals surface area contributed by atoms with Crippen molar-refractivity contribution >= 4 is 5.91 Å². The number of nitrogens with one attached hydrogen (secondary N) is 1. The van der Waals surface area contributed by atoms with Gasteiger partial charge >= 0.3 is 0 Å². The van der Waals surface area contributed by atoms with E-state index >= 15 is 0 Å². The first-order valence-electron chi connectivity index (χ1n) is 6.95. The minimum atomic E-state index is 0.0850. The molecule has 2 rings (SSSR count). The number of hydrogen-bond acceptors (Lipinski definition) is 3. The average molecular weight is 240 g/mol. The van der Waals surface area contributed by atoms with Crippen LogP contribution in [0.3, 0.4) is 0 Å². The lowest BCUT2D eigenvalue weighted by molar-refractivity contribution is -0.133. The number of amides is 1. The first kappa shape index (κ1) is 12.8. The molecule has 0 saturated carbocycles. The van der Waals surface area contributed by atoms with Gasteiger partial charge in [0.25, 0.3) is 0 Å². The third kappa shape index (κ3) is 3.42. The standard InChI is InChI=1S/C13H24N2O2/c16-10-12-5-3-9-15(12)13(17)7-6-11-4-1-2-8-14-11/h11-12,14,16H,1-10H2/t11?,12-/m1/s1. The van der Waals surface area contributed by atoms with Gasteiger partial charge in [0.15, 0.2) is 0 Å². The topological polar surface area (TPSA) is 52.6 Å². The zero-order valence-electron chi connectivity index (χ0n) is 10.5. The summed E-state index contributed by atoms with van der Waals surface area (Å²) in [7, 11) is 0. The number of carbonyl (C=O) groups is 1. The predicted octanol–water partition coefficient (Wildman–Crippen LogP) is 0.892. The fraction of sp³-hybridized carbons (Fsp3) is 0.923. The fourth-order valence-corrected chi connectivity index (χ4v) is 2.97. The average Bonchev–Trinajstić information content (AvgIpc) is 2.85. The van der Waals surface area contributed by atoms with Crippen molar-refractivity contribution in [2.75, 3.05) is 19.7 Å². The summed E-state index contributed by atoms with van der Waals surface area (Å²) in [6.45, 7) is 2.05. The molecule has 0 bridgehead atoms. The van der Waals surface area contributed by atoms with Crippen molar-refractivity contribution in [3.63, 3.8) is 0 Å². The Bertz CT molecular complexity index is 252. The van der Waals surface area contributed by atoms with E-state index < -0.39 is 0 Å². The fourth-order valence-electron chi connectivity index (χ4n) is 2.97. The molecular formula is C13H24N2O2. The molecule has 2 heterocycles. The van der Waals surface area contributed by atoms with Crippen LogP contribution in [0, 0.1) is 0 Å². The summed E-state index contributed by atoms with van der Waals surface area (Å²) in [5.41, 5.74) is 0. The van der Waals surface area contributed by atoms with Gasteiger partial charge in [0.05, 0.1) is 12.6 Å². The second-order valence-electron chi connectivity index (χ2n) is 5.25. The van der Waals surface area contributed by atoms with Gasteiger partial charge in [-0.2, -0.15) is 0 Å². The Hall–Kier alpha value is -0.610. The highest BCUT2D eigenvalue weighted by atomic mass is 16.3. The van der Waals surface area contributed by atoms with Crippen LogP contribution in [0.15, 0.2) is 0 Å². The molecule has 2 aliphatic rings. The molecule has 2 N–H and O–H groups in total. The molecule has 0 aromatic rings. The highest BCUT2D eigenvalue weighted by Gasteiger charge is 2.28. The van der Waals surface area contributed by atoms with Gasteiger partial charge in [0, 0.05) is 19.0 Å². The summed E-state index contributed by atoms with van der Waals surface area (Å²) in [6.07, 6.45) is 7.35. The first-order valence-corrected chi connectivity index (χ1v) is 6.95. The minimum Gasteiger partial charge on any atom is -0.394 e. The smallest absolute Gasteiger partial charge is 0.222 e. The molecule has 2 atom stereocenters. The van der Waals surface area contributed by atoms with E-state index in [9.17, 15) is 9.90 Å². The molecule has 0 aliphatic carbocycles. The molecule has 1 unspecified atom stereocenters. The van der Waals surface area contributed by atoms with Crippen LogP contribution in [-0.4, -0.2) is 47.7 Å². The van der Waals surface area contributed by atoms with Gasteiger partial charge in [-0.15, -0.1) is 0 Å². The molecule has 0 aromatic carbocycles.